The van der Waals surface area contributed by atoms with Gasteiger partial charge in [-0.05, 0) is 33.6 Å². The van der Waals surface area contributed by atoms with Crippen molar-refractivity contribution in [3.05, 3.63) is 23.8 Å². The number of ether oxygens (including phenoxy) is 4. The quantitative estimate of drug-likeness (QED) is 0.346. The van der Waals surface area contributed by atoms with Crippen molar-refractivity contribution < 1.29 is 43.5 Å². The van der Waals surface area contributed by atoms with Crippen molar-refractivity contribution in [3.8, 4) is 0 Å². The molecule has 0 aliphatic carbocycles. The number of aliphatic hydroxyl groups is 2. The van der Waals surface area contributed by atoms with E-state index in [1.807, 2.05) is 6.92 Å². The number of hydrogen-bond donors (Lipinski definition) is 2. The van der Waals surface area contributed by atoms with E-state index in [1.54, 1.807) is 33.8 Å². The molecule has 2 bridgehead atoms. The Hall–Kier alpha value is -2.23. The fourth-order valence-electron chi connectivity index (χ4n) is 4.95. The van der Waals surface area contributed by atoms with Crippen LogP contribution in [0.25, 0.3) is 0 Å². The van der Waals surface area contributed by atoms with Crippen LogP contribution in [0.2, 0.25) is 0 Å². The summed E-state index contributed by atoms with van der Waals surface area (Å²) in [5.41, 5.74) is -1.44. The van der Waals surface area contributed by atoms with Crippen LogP contribution in [0.5, 0.6) is 0 Å². The van der Waals surface area contributed by atoms with Crippen molar-refractivity contribution in [3.63, 3.8) is 0 Å². The Morgan fingerprint density at radius 1 is 1.29 bits per heavy atom. The number of esters is 3. The Morgan fingerprint density at radius 2 is 1.94 bits per heavy atom. The van der Waals surface area contributed by atoms with Crippen molar-refractivity contribution in [2.45, 2.75) is 96.6 Å². The molecule has 2 N–H and O–H groups in total. The molecule has 9 nitrogen and oxygen atoms in total. The van der Waals surface area contributed by atoms with E-state index >= 15 is 0 Å². The van der Waals surface area contributed by atoms with Crippen molar-refractivity contribution in [2.24, 2.45) is 17.8 Å². The highest BCUT2D eigenvalue weighted by Crippen LogP contribution is 2.50. The monoisotopic (exact) mass is 480 g/mol. The molecule has 0 aromatic carbocycles. The van der Waals surface area contributed by atoms with Gasteiger partial charge in [-0.1, -0.05) is 33.4 Å². The average molecular weight is 481 g/mol. The molecule has 3 fully saturated rings. The van der Waals surface area contributed by atoms with Crippen molar-refractivity contribution >= 4 is 17.9 Å². The zero-order chi connectivity index (χ0) is 25.6. The molecule has 3 saturated heterocycles. The fraction of sp³-hybridized carbons (Fsp3) is 0.720. The molecule has 0 aromatic heterocycles. The third-order valence-corrected chi connectivity index (χ3v) is 7.47. The fourth-order valence-corrected chi connectivity index (χ4v) is 4.95. The van der Waals surface area contributed by atoms with Crippen LogP contribution < -0.4 is 0 Å². The lowest BCUT2D eigenvalue weighted by Crippen LogP contribution is -2.58. The second kappa shape index (κ2) is 9.43. The van der Waals surface area contributed by atoms with Crippen LogP contribution in [0.15, 0.2) is 23.8 Å². The van der Waals surface area contributed by atoms with E-state index in [-0.39, 0.29) is 12.0 Å². The molecule has 0 aromatic rings. The second-order valence-corrected chi connectivity index (χ2v) is 10.1. The first kappa shape index (κ1) is 26.4. The summed E-state index contributed by atoms with van der Waals surface area (Å²) >= 11 is 0. The maximum absolute atomic E-state index is 12.8. The first-order valence-corrected chi connectivity index (χ1v) is 11.8. The summed E-state index contributed by atoms with van der Waals surface area (Å²) in [5.74, 6) is -6.09. The maximum atomic E-state index is 12.8. The van der Waals surface area contributed by atoms with Gasteiger partial charge in [0.25, 0.3) is 0 Å². The van der Waals surface area contributed by atoms with Crippen LogP contribution in [-0.4, -0.2) is 63.9 Å². The first-order valence-electron chi connectivity index (χ1n) is 11.8. The SMILES string of the molecule is C=C1C(=O)O[C@@H]2[C@@H]1[C@H](OC(=O)/C(C)=C\C)[C@@]1(O)O[C@H](C[C@@H]1C)C[C@@](C)(O)[C@H]2OC(=O)C(C)CC. The molecule has 3 rings (SSSR count). The molecule has 3 aliphatic heterocycles. The Labute approximate surface area is 200 Å². The van der Waals surface area contributed by atoms with E-state index in [2.05, 4.69) is 6.58 Å². The number of hydrogen-bond acceptors (Lipinski definition) is 9. The van der Waals surface area contributed by atoms with E-state index in [4.69, 9.17) is 18.9 Å². The normalized spacial score (nSPS) is 41.0. The zero-order valence-electron chi connectivity index (χ0n) is 20.7. The van der Waals surface area contributed by atoms with Crippen LogP contribution in [0.4, 0.5) is 0 Å². The molecular weight excluding hydrogens is 444 g/mol. The molecule has 0 saturated carbocycles. The lowest BCUT2D eigenvalue weighted by molar-refractivity contribution is -0.277. The minimum Gasteiger partial charge on any atom is -0.455 e. The van der Waals surface area contributed by atoms with E-state index in [0.29, 0.717) is 18.4 Å². The van der Waals surface area contributed by atoms with Gasteiger partial charge in [0.05, 0.1) is 17.9 Å². The second-order valence-electron chi connectivity index (χ2n) is 10.1. The lowest BCUT2D eigenvalue weighted by Gasteiger charge is -2.41. The van der Waals surface area contributed by atoms with E-state index < -0.39 is 71.5 Å². The molecule has 0 amide bonds. The van der Waals surface area contributed by atoms with Gasteiger partial charge in [-0.25, -0.2) is 9.59 Å². The van der Waals surface area contributed by atoms with Crippen LogP contribution in [0.1, 0.15) is 60.8 Å². The van der Waals surface area contributed by atoms with Gasteiger partial charge in [0.2, 0.25) is 5.79 Å². The summed E-state index contributed by atoms with van der Waals surface area (Å²) in [5, 5.41) is 23.2. The molecule has 0 spiro atoms. The summed E-state index contributed by atoms with van der Waals surface area (Å²) in [7, 11) is 0. The van der Waals surface area contributed by atoms with Crippen LogP contribution in [0.3, 0.4) is 0 Å². The van der Waals surface area contributed by atoms with Gasteiger partial charge in [0.15, 0.2) is 18.3 Å². The summed E-state index contributed by atoms with van der Waals surface area (Å²) in [6.07, 6.45) is -2.12. The highest BCUT2D eigenvalue weighted by molar-refractivity contribution is 5.92. The van der Waals surface area contributed by atoms with Crippen molar-refractivity contribution in [1.82, 2.24) is 0 Å². The standard InChI is InChI=1S/C25H36O9/c1-8-12(3)21(26)32-19-17-15(6)23(28)31-18(17)20(33-22(27)13(4)9-2)24(7,29)11-16-10-14(5)25(19,30)34-16/h8,13-14,16-20,29-30H,6,9-11H2,1-5,7H3/b12-8-/t13?,14-,16+,17+,18+,19-,20-,24+,25-/m0/s1. The molecule has 190 valence electrons. The summed E-state index contributed by atoms with van der Waals surface area (Å²) in [4.78, 5) is 38.2. The average Bonchev–Trinajstić information content (AvgIpc) is 3.22. The highest BCUT2D eigenvalue weighted by atomic mass is 16.7. The molecule has 34 heavy (non-hydrogen) atoms. The smallest absolute Gasteiger partial charge is 0.334 e. The molecule has 3 heterocycles. The molecule has 3 aliphatic rings. The Kier molecular flexibility index (Phi) is 7.32. The molecule has 9 heteroatoms. The number of carbonyl (C=O) groups excluding carboxylic acids is 3. The van der Waals surface area contributed by atoms with Crippen LogP contribution >= 0.6 is 0 Å². The minimum atomic E-state index is -1.97. The number of allylic oxidation sites excluding steroid dienone is 1. The summed E-state index contributed by atoms with van der Waals surface area (Å²) in [6.45, 7) is 13.8. The minimum absolute atomic E-state index is 0.0000930. The van der Waals surface area contributed by atoms with Gasteiger partial charge < -0.3 is 29.2 Å². The number of carbonyl (C=O) groups is 3. The summed E-state index contributed by atoms with van der Waals surface area (Å²) in [6, 6.07) is 0. The van der Waals surface area contributed by atoms with Crippen molar-refractivity contribution in [1.29, 1.82) is 0 Å². The number of fused-ring (bicyclic) bond motifs is 3. The first-order chi connectivity index (χ1) is 15.8. The summed E-state index contributed by atoms with van der Waals surface area (Å²) < 4.78 is 23.1. The van der Waals surface area contributed by atoms with Gasteiger partial charge in [0.1, 0.15) is 5.60 Å². The highest BCUT2D eigenvalue weighted by Gasteiger charge is 2.65. The Morgan fingerprint density at radius 3 is 2.53 bits per heavy atom. The predicted octanol–water partition coefficient (Wildman–Crippen LogP) is 2.19. The van der Waals surface area contributed by atoms with Crippen LogP contribution in [0, 0.1) is 17.8 Å². The molecular formula is C25H36O9. The van der Waals surface area contributed by atoms with E-state index in [0.717, 1.165) is 0 Å². The molecule has 9 atom stereocenters. The third-order valence-electron chi connectivity index (χ3n) is 7.47. The third kappa shape index (κ3) is 4.53. The molecule has 0 radical (unpaired) electrons. The van der Waals surface area contributed by atoms with Gasteiger partial charge in [-0.3, -0.25) is 4.79 Å². The van der Waals surface area contributed by atoms with Gasteiger partial charge in [-0.2, -0.15) is 0 Å². The van der Waals surface area contributed by atoms with Gasteiger partial charge >= 0.3 is 17.9 Å². The van der Waals surface area contributed by atoms with Gasteiger partial charge in [-0.15, -0.1) is 0 Å². The Bertz CT molecular complexity index is 891. The molecule has 1 unspecified atom stereocenters. The predicted molar refractivity (Wildman–Crippen MR) is 120 cm³/mol. The van der Waals surface area contributed by atoms with Crippen LogP contribution in [-0.2, 0) is 33.3 Å². The number of rotatable bonds is 5. The Balaban J connectivity index is 2.15. The van der Waals surface area contributed by atoms with Gasteiger partial charge in [0, 0.05) is 23.5 Å². The topological polar surface area (TPSA) is 129 Å². The van der Waals surface area contributed by atoms with E-state index in [9.17, 15) is 24.6 Å². The largest absolute Gasteiger partial charge is 0.455 e. The lowest BCUT2D eigenvalue weighted by atomic mass is 9.75. The maximum Gasteiger partial charge on any atom is 0.334 e. The van der Waals surface area contributed by atoms with E-state index in [1.165, 1.54) is 6.92 Å². The van der Waals surface area contributed by atoms with Crippen molar-refractivity contribution in [2.75, 3.05) is 0 Å². The zero-order valence-corrected chi connectivity index (χ0v) is 20.7.